The standard InChI is InChI=1S/C14H9N3O3S/c15-9-21-13-6-4-11(5-7-13)16-14(18)10-2-1-3-12(8-10)17(19)20/h1-8H,(H,16,18). The zero-order valence-electron chi connectivity index (χ0n) is 10.6. The van der Waals surface area contributed by atoms with Crippen LogP contribution in [0, 0.1) is 20.8 Å². The zero-order chi connectivity index (χ0) is 15.2. The number of carbonyl (C=O) groups excluding carboxylic acids is 1. The van der Waals surface area contributed by atoms with Crippen LogP contribution < -0.4 is 5.32 Å². The van der Waals surface area contributed by atoms with Gasteiger partial charge >= 0.3 is 0 Å². The van der Waals surface area contributed by atoms with E-state index < -0.39 is 10.8 Å². The Bertz CT molecular complexity index is 723. The summed E-state index contributed by atoms with van der Waals surface area (Å²) in [5.41, 5.74) is 0.622. The molecule has 1 N–H and O–H groups in total. The molecule has 0 unspecified atom stereocenters. The Labute approximate surface area is 124 Å². The molecule has 0 aliphatic rings. The van der Waals surface area contributed by atoms with Crippen molar-refractivity contribution in [1.29, 1.82) is 5.26 Å². The average Bonchev–Trinajstić information content (AvgIpc) is 2.49. The highest BCUT2D eigenvalue weighted by molar-refractivity contribution is 8.03. The van der Waals surface area contributed by atoms with Gasteiger partial charge in [0.1, 0.15) is 5.40 Å². The molecular formula is C14H9N3O3S. The van der Waals surface area contributed by atoms with Crippen molar-refractivity contribution in [3.8, 4) is 5.40 Å². The molecule has 0 fully saturated rings. The summed E-state index contributed by atoms with van der Waals surface area (Å²) in [7, 11) is 0. The number of hydrogen-bond donors (Lipinski definition) is 1. The first-order valence-electron chi connectivity index (χ1n) is 5.82. The first-order valence-corrected chi connectivity index (χ1v) is 6.63. The molecule has 6 nitrogen and oxygen atoms in total. The van der Waals surface area contributed by atoms with Crippen molar-refractivity contribution in [2.24, 2.45) is 0 Å². The minimum absolute atomic E-state index is 0.136. The van der Waals surface area contributed by atoms with Gasteiger partial charge in [-0.3, -0.25) is 14.9 Å². The number of thiocyanates is 1. The van der Waals surface area contributed by atoms with Gasteiger partial charge in [0.05, 0.1) is 4.92 Å². The van der Waals surface area contributed by atoms with E-state index in [2.05, 4.69) is 5.32 Å². The van der Waals surface area contributed by atoms with E-state index >= 15 is 0 Å². The van der Waals surface area contributed by atoms with Crippen molar-refractivity contribution in [1.82, 2.24) is 0 Å². The van der Waals surface area contributed by atoms with Gasteiger partial charge in [0.15, 0.2) is 0 Å². The van der Waals surface area contributed by atoms with Crippen molar-refractivity contribution >= 4 is 29.0 Å². The molecule has 0 radical (unpaired) electrons. The Hall–Kier alpha value is -2.85. The van der Waals surface area contributed by atoms with E-state index in [1.165, 1.54) is 24.3 Å². The van der Waals surface area contributed by atoms with Crippen molar-refractivity contribution in [3.05, 3.63) is 64.2 Å². The topological polar surface area (TPSA) is 96.0 Å². The van der Waals surface area contributed by atoms with Gasteiger partial charge in [-0.15, -0.1) is 0 Å². The molecule has 0 aliphatic heterocycles. The predicted molar refractivity (Wildman–Crippen MR) is 79.0 cm³/mol. The molecule has 0 saturated heterocycles. The molecule has 2 aromatic carbocycles. The highest BCUT2D eigenvalue weighted by Gasteiger charge is 2.11. The summed E-state index contributed by atoms with van der Waals surface area (Å²) >= 11 is 1.02. The van der Waals surface area contributed by atoms with Crippen LogP contribution in [0.5, 0.6) is 0 Å². The lowest BCUT2D eigenvalue weighted by Gasteiger charge is -2.05. The van der Waals surface area contributed by atoms with E-state index in [1.54, 1.807) is 24.3 Å². The lowest BCUT2D eigenvalue weighted by Crippen LogP contribution is -2.11. The summed E-state index contributed by atoms with van der Waals surface area (Å²) in [6.45, 7) is 0. The third-order valence-electron chi connectivity index (χ3n) is 2.59. The Morgan fingerprint density at radius 1 is 1.24 bits per heavy atom. The highest BCUT2D eigenvalue weighted by atomic mass is 32.2. The molecule has 0 heterocycles. The van der Waals surface area contributed by atoms with Crippen LogP contribution in [0.1, 0.15) is 10.4 Å². The lowest BCUT2D eigenvalue weighted by atomic mass is 10.2. The highest BCUT2D eigenvalue weighted by Crippen LogP contribution is 2.20. The number of anilines is 1. The third-order valence-corrected chi connectivity index (χ3v) is 3.19. The van der Waals surface area contributed by atoms with Gasteiger partial charge in [-0.1, -0.05) is 6.07 Å². The summed E-state index contributed by atoms with van der Waals surface area (Å²) in [6, 6.07) is 12.2. The number of nitriles is 1. The Morgan fingerprint density at radius 2 is 1.95 bits per heavy atom. The van der Waals surface area contributed by atoms with Gasteiger partial charge in [-0.25, -0.2) is 0 Å². The van der Waals surface area contributed by atoms with Crippen molar-refractivity contribution in [3.63, 3.8) is 0 Å². The maximum Gasteiger partial charge on any atom is 0.270 e. The van der Waals surface area contributed by atoms with Crippen LogP contribution in [0.4, 0.5) is 11.4 Å². The molecule has 0 aliphatic carbocycles. The first-order chi connectivity index (χ1) is 10.1. The van der Waals surface area contributed by atoms with E-state index in [4.69, 9.17) is 5.26 Å². The number of non-ortho nitro benzene ring substituents is 1. The Morgan fingerprint density at radius 3 is 2.57 bits per heavy atom. The smallest absolute Gasteiger partial charge is 0.270 e. The third kappa shape index (κ3) is 3.81. The minimum Gasteiger partial charge on any atom is -0.322 e. The number of nitro benzene ring substituents is 1. The van der Waals surface area contributed by atoms with Gasteiger partial charge in [0, 0.05) is 28.3 Å². The van der Waals surface area contributed by atoms with Crippen molar-refractivity contribution < 1.29 is 9.72 Å². The number of benzene rings is 2. The molecule has 0 saturated carbocycles. The average molecular weight is 299 g/mol. The zero-order valence-corrected chi connectivity index (χ0v) is 11.5. The van der Waals surface area contributed by atoms with E-state index in [9.17, 15) is 14.9 Å². The number of hydrogen-bond acceptors (Lipinski definition) is 5. The number of nitro groups is 1. The monoisotopic (exact) mass is 299 g/mol. The van der Waals surface area contributed by atoms with E-state index in [0.29, 0.717) is 5.69 Å². The normalized spacial score (nSPS) is 9.67. The van der Waals surface area contributed by atoms with E-state index in [-0.39, 0.29) is 11.3 Å². The van der Waals surface area contributed by atoms with Crippen LogP contribution in [-0.2, 0) is 0 Å². The molecule has 21 heavy (non-hydrogen) atoms. The van der Waals surface area contributed by atoms with E-state index in [0.717, 1.165) is 16.7 Å². The number of amides is 1. The number of rotatable bonds is 4. The predicted octanol–water partition coefficient (Wildman–Crippen LogP) is 3.42. The van der Waals surface area contributed by atoms with Crippen LogP contribution in [0.25, 0.3) is 0 Å². The molecule has 0 aromatic heterocycles. The summed E-state index contributed by atoms with van der Waals surface area (Å²) in [5.74, 6) is -0.431. The molecule has 0 bridgehead atoms. The van der Waals surface area contributed by atoms with Crippen LogP contribution in [0.15, 0.2) is 53.4 Å². The lowest BCUT2D eigenvalue weighted by molar-refractivity contribution is -0.384. The largest absolute Gasteiger partial charge is 0.322 e. The molecule has 2 rings (SSSR count). The second-order valence-corrected chi connectivity index (χ2v) is 4.84. The maximum absolute atomic E-state index is 12.0. The van der Waals surface area contributed by atoms with Crippen LogP contribution in [0.3, 0.4) is 0 Å². The molecular weight excluding hydrogens is 290 g/mol. The van der Waals surface area contributed by atoms with Gasteiger partial charge in [-0.2, -0.15) is 5.26 Å². The molecule has 0 atom stereocenters. The fourth-order valence-electron chi connectivity index (χ4n) is 1.62. The van der Waals surface area contributed by atoms with Crippen LogP contribution >= 0.6 is 11.8 Å². The number of nitrogens with zero attached hydrogens (tertiary/aromatic N) is 2. The van der Waals surface area contributed by atoms with E-state index in [1.807, 2.05) is 5.40 Å². The van der Waals surface area contributed by atoms with Crippen LogP contribution in [0.2, 0.25) is 0 Å². The molecule has 7 heteroatoms. The second kappa shape index (κ2) is 6.54. The van der Waals surface area contributed by atoms with Gasteiger partial charge in [0.25, 0.3) is 11.6 Å². The molecule has 1 amide bonds. The fourth-order valence-corrected chi connectivity index (χ4v) is 2.00. The second-order valence-electron chi connectivity index (χ2n) is 3.98. The summed E-state index contributed by atoms with van der Waals surface area (Å²) in [5, 5.41) is 23.8. The van der Waals surface area contributed by atoms with Crippen molar-refractivity contribution in [2.45, 2.75) is 4.90 Å². The van der Waals surface area contributed by atoms with Gasteiger partial charge < -0.3 is 5.32 Å². The first kappa shape index (κ1) is 14.6. The SMILES string of the molecule is N#CSc1ccc(NC(=O)c2cccc([N+](=O)[O-])c2)cc1. The molecule has 104 valence electrons. The minimum atomic E-state index is -0.551. The Balaban J connectivity index is 2.12. The maximum atomic E-state index is 12.0. The molecule has 2 aromatic rings. The summed E-state index contributed by atoms with van der Waals surface area (Å²) in [6.07, 6.45) is 0. The number of carbonyl (C=O) groups is 1. The van der Waals surface area contributed by atoms with Gasteiger partial charge in [-0.05, 0) is 42.1 Å². The Kier molecular flexibility index (Phi) is 4.53. The van der Waals surface area contributed by atoms with Crippen LogP contribution in [-0.4, -0.2) is 10.8 Å². The number of thioether (sulfide) groups is 1. The number of nitrogens with one attached hydrogen (secondary N) is 1. The summed E-state index contributed by atoms with van der Waals surface area (Å²) < 4.78 is 0. The molecule has 0 spiro atoms. The van der Waals surface area contributed by atoms with Crippen molar-refractivity contribution in [2.75, 3.05) is 5.32 Å². The quantitative estimate of drug-likeness (QED) is 0.404. The fraction of sp³-hybridized carbons (Fsp3) is 0. The van der Waals surface area contributed by atoms with Gasteiger partial charge in [0.2, 0.25) is 0 Å². The summed E-state index contributed by atoms with van der Waals surface area (Å²) in [4.78, 5) is 22.9.